The Bertz CT molecular complexity index is 717. The highest BCUT2D eigenvalue weighted by Gasteiger charge is 2.14. The highest BCUT2D eigenvalue weighted by molar-refractivity contribution is 7.99. The maximum absolute atomic E-state index is 12.9. The Morgan fingerprint density at radius 2 is 1.92 bits per heavy atom. The highest BCUT2D eigenvalue weighted by Crippen LogP contribution is 2.23. The van der Waals surface area contributed by atoms with Crippen LogP contribution in [0.25, 0.3) is 0 Å². The van der Waals surface area contributed by atoms with Gasteiger partial charge in [0, 0.05) is 36.3 Å². The van der Waals surface area contributed by atoms with Crippen LogP contribution in [0.3, 0.4) is 0 Å². The Kier molecular flexibility index (Phi) is 6.91. The number of benzene rings is 2. The normalized spacial score (nSPS) is 14.8. The zero-order chi connectivity index (χ0) is 18.2. The molecular formula is C20H22FNO3S. The third-order valence-electron chi connectivity index (χ3n) is 4.06. The molecule has 2 aromatic rings. The van der Waals surface area contributed by atoms with Gasteiger partial charge in [-0.1, -0.05) is 6.07 Å². The quantitative estimate of drug-likeness (QED) is 0.735. The van der Waals surface area contributed by atoms with Crippen molar-refractivity contribution in [2.24, 2.45) is 0 Å². The maximum Gasteiger partial charge on any atom is 0.251 e. The van der Waals surface area contributed by atoms with Gasteiger partial charge in [-0.25, -0.2) is 4.39 Å². The lowest BCUT2D eigenvalue weighted by atomic mass is 10.2. The van der Waals surface area contributed by atoms with Gasteiger partial charge in [0.2, 0.25) is 0 Å². The minimum absolute atomic E-state index is 0.123. The molecule has 138 valence electrons. The molecule has 0 spiro atoms. The summed E-state index contributed by atoms with van der Waals surface area (Å²) in [5.41, 5.74) is 0.542. The minimum atomic E-state index is -0.316. The summed E-state index contributed by atoms with van der Waals surface area (Å²) in [6, 6.07) is 12.7. The smallest absolute Gasteiger partial charge is 0.251 e. The molecule has 3 rings (SSSR count). The first-order chi connectivity index (χ1) is 12.7. The second-order valence-electron chi connectivity index (χ2n) is 6.02. The second kappa shape index (κ2) is 9.59. The van der Waals surface area contributed by atoms with Crippen molar-refractivity contribution in [2.75, 3.05) is 25.5 Å². The Labute approximate surface area is 157 Å². The van der Waals surface area contributed by atoms with Gasteiger partial charge >= 0.3 is 0 Å². The number of hydrogen-bond donors (Lipinski definition) is 1. The number of hydrogen-bond acceptors (Lipinski definition) is 4. The zero-order valence-electron chi connectivity index (χ0n) is 14.4. The van der Waals surface area contributed by atoms with E-state index in [1.165, 1.54) is 12.1 Å². The fourth-order valence-electron chi connectivity index (χ4n) is 2.67. The lowest BCUT2D eigenvalue weighted by molar-refractivity contribution is 0.0954. The van der Waals surface area contributed by atoms with Gasteiger partial charge in [0.05, 0.1) is 0 Å². The molecule has 2 aromatic carbocycles. The van der Waals surface area contributed by atoms with E-state index in [-0.39, 0.29) is 11.7 Å². The van der Waals surface area contributed by atoms with Crippen LogP contribution in [0, 0.1) is 5.82 Å². The van der Waals surface area contributed by atoms with E-state index in [1.807, 2.05) is 11.8 Å². The molecule has 4 nitrogen and oxygen atoms in total. The predicted octanol–water partition coefficient (Wildman–Crippen LogP) is 4.26. The first kappa shape index (κ1) is 18.7. The van der Waals surface area contributed by atoms with Gasteiger partial charge in [-0.2, -0.15) is 11.8 Å². The molecule has 1 heterocycles. The fraction of sp³-hybridized carbons (Fsp3) is 0.350. The number of carbonyl (C=O) groups is 1. The Morgan fingerprint density at radius 3 is 2.69 bits per heavy atom. The van der Waals surface area contributed by atoms with Gasteiger partial charge in [0.25, 0.3) is 5.91 Å². The van der Waals surface area contributed by atoms with E-state index in [4.69, 9.17) is 9.47 Å². The molecule has 1 N–H and O–H groups in total. The fourth-order valence-corrected chi connectivity index (χ4v) is 3.75. The van der Waals surface area contributed by atoms with Crippen molar-refractivity contribution in [3.05, 3.63) is 59.9 Å². The second-order valence-corrected chi connectivity index (χ2v) is 7.43. The van der Waals surface area contributed by atoms with Gasteiger partial charge in [-0.15, -0.1) is 0 Å². The van der Waals surface area contributed by atoms with Crippen molar-refractivity contribution < 1.29 is 18.7 Å². The first-order valence-corrected chi connectivity index (χ1v) is 9.76. The molecule has 0 atom stereocenters. The van der Waals surface area contributed by atoms with Crippen LogP contribution < -0.4 is 10.1 Å². The molecule has 1 aliphatic heterocycles. The van der Waals surface area contributed by atoms with Gasteiger partial charge in [0.15, 0.2) is 0 Å². The molecule has 0 saturated carbocycles. The van der Waals surface area contributed by atoms with Crippen molar-refractivity contribution in [2.45, 2.75) is 18.1 Å². The molecule has 0 aliphatic carbocycles. The number of rotatable bonds is 7. The summed E-state index contributed by atoms with van der Waals surface area (Å²) >= 11 is 1.89. The van der Waals surface area contributed by atoms with Crippen molar-refractivity contribution in [3.8, 4) is 11.5 Å². The van der Waals surface area contributed by atoms with Gasteiger partial charge < -0.3 is 14.8 Å². The molecule has 6 heteroatoms. The molecule has 1 fully saturated rings. The molecule has 1 saturated heterocycles. The van der Waals surface area contributed by atoms with Crippen LogP contribution in [0.5, 0.6) is 11.5 Å². The average Bonchev–Trinajstić information content (AvgIpc) is 2.68. The molecule has 1 amide bonds. The topological polar surface area (TPSA) is 47.6 Å². The molecule has 0 unspecified atom stereocenters. The van der Waals surface area contributed by atoms with E-state index in [1.54, 1.807) is 36.4 Å². The molecule has 1 aliphatic rings. The first-order valence-electron chi connectivity index (χ1n) is 8.72. The number of carbonyl (C=O) groups excluding carboxylic acids is 1. The van der Waals surface area contributed by atoms with E-state index in [9.17, 15) is 9.18 Å². The molecular weight excluding hydrogens is 353 g/mol. The van der Waals surface area contributed by atoms with E-state index >= 15 is 0 Å². The lowest BCUT2D eigenvalue weighted by Crippen LogP contribution is -2.27. The van der Waals surface area contributed by atoms with Crippen LogP contribution in [0.2, 0.25) is 0 Å². The molecule has 26 heavy (non-hydrogen) atoms. The van der Waals surface area contributed by atoms with Crippen molar-refractivity contribution in [1.82, 2.24) is 5.32 Å². The van der Waals surface area contributed by atoms with Gasteiger partial charge in [0.1, 0.15) is 17.3 Å². The number of ether oxygens (including phenoxy) is 2. The van der Waals surface area contributed by atoms with E-state index in [0.29, 0.717) is 28.9 Å². The Hall–Kier alpha value is -2.05. The number of nitrogens with one attached hydrogen (secondary N) is 1. The third kappa shape index (κ3) is 5.75. The van der Waals surface area contributed by atoms with Crippen molar-refractivity contribution in [3.63, 3.8) is 0 Å². The SMILES string of the molecule is O=C(NCCSC1CCOCC1)c1cccc(Oc2ccc(F)cc2)c1. The Morgan fingerprint density at radius 1 is 1.15 bits per heavy atom. The Balaban J connectivity index is 1.47. The standard InChI is InChI=1S/C20H22FNO3S/c21-16-4-6-17(7-5-16)25-18-3-1-2-15(14-18)20(23)22-10-13-26-19-8-11-24-12-9-19/h1-7,14,19H,8-13H2,(H,22,23). The van der Waals surface area contributed by atoms with Crippen molar-refractivity contribution in [1.29, 1.82) is 0 Å². The monoisotopic (exact) mass is 375 g/mol. The molecule has 0 aromatic heterocycles. The van der Waals surface area contributed by atoms with Crippen molar-refractivity contribution >= 4 is 17.7 Å². The predicted molar refractivity (Wildman–Crippen MR) is 102 cm³/mol. The van der Waals surface area contributed by atoms with Crippen LogP contribution in [-0.4, -0.2) is 36.7 Å². The number of thioether (sulfide) groups is 1. The maximum atomic E-state index is 12.9. The van der Waals surface area contributed by atoms with Crippen LogP contribution >= 0.6 is 11.8 Å². The van der Waals surface area contributed by atoms with Crippen LogP contribution in [0.1, 0.15) is 23.2 Å². The summed E-state index contributed by atoms with van der Waals surface area (Å²) in [5, 5.41) is 3.57. The van der Waals surface area contributed by atoms with Crippen LogP contribution in [0.4, 0.5) is 4.39 Å². The summed E-state index contributed by atoms with van der Waals surface area (Å²) in [5.74, 6) is 1.52. The summed E-state index contributed by atoms with van der Waals surface area (Å²) in [7, 11) is 0. The van der Waals surface area contributed by atoms with Crippen LogP contribution in [0.15, 0.2) is 48.5 Å². The third-order valence-corrected chi connectivity index (χ3v) is 5.44. The number of halogens is 1. The van der Waals surface area contributed by atoms with E-state index in [0.717, 1.165) is 31.8 Å². The highest BCUT2D eigenvalue weighted by atomic mass is 32.2. The van der Waals surface area contributed by atoms with E-state index < -0.39 is 0 Å². The summed E-state index contributed by atoms with van der Waals surface area (Å²) in [6.07, 6.45) is 2.17. The van der Waals surface area contributed by atoms with Gasteiger partial charge in [-0.05, 0) is 55.3 Å². The summed E-state index contributed by atoms with van der Waals surface area (Å²) < 4.78 is 24.0. The average molecular weight is 375 g/mol. The summed E-state index contributed by atoms with van der Waals surface area (Å²) in [6.45, 7) is 2.31. The zero-order valence-corrected chi connectivity index (χ0v) is 15.3. The molecule has 0 bridgehead atoms. The largest absolute Gasteiger partial charge is 0.457 e. The lowest BCUT2D eigenvalue weighted by Gasteiger charge is -2.21. The van der Waals surface area contributed by atoms with Gasteiger partial charge in [-0.3, -0.25) is 4.79 Å². The van der Waals surface area contributed by atoms with Crippen LogP contribution in [-0.2, 0) is 4.74 Å². The summed E-state index contributed by atoms with van der Waals surface area (Å²) in [4.78, 5) is 12.3. The number of amides is 1. The minimum Gasteiger partial charge on any atom is -0.457 e. The van der Waals surface area contributed by atoms with E-state index in [2.05, 4.69) is 5.32 Å². The molecule has 0 radical (unpaired) electrons.